The van der Waals surface area contributed by atoms with Crippen LogP contribution in [0.4, 0.5) is 5.95 Å². The molecule has 0 saturated heterocycles. The Morgan fingerprint density at radius 3 is 2.35 bits per heavy atom. The van der Waals surface area contributed by atoms with E-state index in [0.717, 1.165) is 27.3 Å². The molecule has 1 amide bonds. The molecule has 0 unspecified atom stereocenters. The van der Waals surface area contributed by atoms with Gasteiger partial charge in [0, 0.05) is 33.5 Å². The third-order valence-corrected chi connectivity index (χ3v) is 9.70. The van der Waals surface area contributed by atoms with Gasteiger partial charge in [-0.15, -0.1) is 0 Å². The summed E-state index contributed by atoms with van der Waals surface area (Å²) < 4.78 is 9.74. The first kappa shape index (κ1) is 31.3. The van der Waals surface area contributed by atoms with Crippen LogP contribution in [-0.2, 0) is 0 Å². The summed E-state index contributed by atoms with van der Waals surface area (Å²) in [5.41, 5.74) is 2.76. The maximum Gasteiger partial charge on any atom is 0.254 e. The van der Waals surface area contributed by atoms with E-state index in [1.807, 2.05) is 41.3 Å². The summed E-state index contributed by atoms with van der Waals surface area (Å²) >= 11 is 1.35. The maximum atomic E-state index is 14.4. The zero-order chi connectivity index (χ0) is 31.2. The molecule has 0 radical (unpaired) electrons. The highest BCUT2D eigenvalue weighted by molar-refractivity contribution is 8.00. The van der Waals surface area contributed by atoms with Crippen molar-refractivity contribution in [1.82, 2.24) is 14.9 Å². The van der Waals surface area contributed by atoms with Crippen LogP contribution in [0.3, 0.4) is 0 Å². The van der Waals surface area contributed by atoms with E-state index in [1.165, 1.54) is 11.9 Å². The molecule has 1 atom stereocenters. The number of carbonyl (C=O) groups excluding carboxylic acids is 1. The number of aryl methyl sites for hydroxylation is 2. The number of rotatable bonds is 5. The fourth-order valence-corrected chi connectivity index (χ4v) is 7.09. The van der Waals surface area contributed by atoms with Crippen molar-refractivity contribution in [2.75, 3.05) is 17.9 Å². The number of carbonyl (C=O) groups is 1. The third-order valence-electron chi connectivity index (χ3n) is 8.93. The first-order chi connectivity index (χ1) is 20.2. The molecule has 230 valence electrons. The molecule has 5 rings (SSSR count). The second kappa shape index (κ2) is 11.7. The quantitative estimate of drug-likeness (QED) is 0.286. The van der Waals surface area contributed by atoms with Crippen molar-refractivity contribution in [3.8, 4) is 17.1 Å². The average Bonchev–Trinajstić information content (AvgIpc) is 2.90. The van der Waals surface area contributed by atoms with Gasteiger partial charge in [0.1, 0.15) is 6.61 Å². The lowest BCUT2D eigenvalue weighted by molar-refractivity contribution is -0.161. The van der Waals surface area contributed by atoms with Crippen molar-refractivity contribution in [3.63, 3.8) is 0 Å². The molecule has 43 heavy (non-hydrogen) atoms. The zero-order valence-electron chi connectivity index (χ0n) is 26.3. The summed E-state index contributed by atoms with van der Waals surface area (Å²) in [6.07, 6.45) is 1.70. The Bertz CT molecular complexity index is 1470. The van der Waals surface area contributed by atoms with Crippen LogP contribution in [0.25, 0.3) is 11.3 Å². The van der Waals surface area contributed by atoms with Crippen molar-refractivity contribution in [2.24, 2.45) is 10.8 Å². The van der Waals surface area contributed by atoms with Crippen molar-refractivity contribution in [1.29, 1.82) is 0 Å². The van der Waals surface area contributed by atoms with Crippen LogP contribution in [0.1, 0.15) is 75.4 Å². The second-order valence-electron chi connectivity index (χ2n) is 13.9. The number of aliphatic hydroxyl groups is 2. The topological polar surface area (TPSA) is 108 Å². The predicted octanol–water partition coefficient (Wildman–Crippen LogP) is 6.43. The van der Waals surface area contributed by atoms with Gasteiger partial charge in [0.25, 0.3) is 5.91 Å². The highest BCUT2D eigenvalue weighted by Gasteiger charge is 2.56. The third kappa shape index (κ3) is 6.54. The summed E-state index contributed by atoms with van der Waals surface area (Å²) in [7, 11) is 0. The van der Waals surface area contributed by atoms with Gasteiger partial charge in [0.05, 0.1) is 23.9 Å². The van der Waals surface area contributed by atoms with E-state index in [2.05, 4.69) is 51.5 Å². The van der Waals surface area contributed by atoms with Crippen LogP contribution < -0.4 is 9.46 Å². The number of nitrogens with zero attached hydrogens (tertiary/aromatic N) is 3. The second-order valence-corrected chi connectivity index (χ2v) is 14.8. The van der Waals surface area contributed by atoms with Gasteiger partial charge in [-0.25, -0.2) is 4.98 Å². The molecule has 2 aliphatic rings. The van der Waals surface area contributed by atoms with Crippen LogP contribution in [0.15, 0.2) is 53.4 Å². The molecular weight excluding hydrogens is 560 g/mol. The maximum absolute atomic E-state index is 14.4. The van der Waals surface area contributed by atoms with Gasteiger partial charge in [-0.05, 0) is 93.6 Å². The fourth-order valence-electron chi connectivity index (χ4n) is 6.45. The Hall–Kier alpha value is -3.14. The lowest BCUT2D eigenvalue weighted by Gasteiger charge is -2.57. The van der Waals surface area contributed by atoms with Gasteiger partial charge in [-0.1, -0.05) is 45.0 Å². The number of benzene rings is 2. The molecule has 3 aromatic rings. The van der Waals surface area contributed by atoms with Crippen molar-refractivity contribution < 1.29 is 19.7 Å². The number of hydrogen-bond acceptors (Lipinski definition) is 8. The van der Waals surface area contributed by atoms with Gasteiger partial charge in [-0.2, -0.15) is 4.98 Å². The summed E-state index contributed by atoms with van der Waals surface area (Å²) in [5.74, 6) is 0.779. The SMILES string of the molecule is Cc1cccc(C)c1-c1cc2nc(n1)NSc1cccc(c1)C(=O)N(C1CC(CO)(C(C)(C)O)C1)[C@H](CC(C)(C)C)CO2. The van der Waals surface area contributed by atoms with E-state index in [-0.39, 0.29) is 36.6 Å². The lowest BCUT2D eigenvalue weighted by Crippen LogP contribution is -2.64. The van der Waals surface area contributed by atoms with Crippen LogP contribution in [0.2, 0.25) is 0 Å². The molecule has 1 saturated carbocycles. The highest BCUT2D eigenvalue weighted by Crippen LogP contribution is 2.52. The molecule has 2 heterocycles. The highest BCUT2D eigenvalue weighted by atomic mass is 32.2. The molecule has 4 bridgehead atoms. The molecule has 1 fully saturated rings. The average molecular weight is 605 g/mol. The van der Waals surface area contributed by atoms with Crippen LogP contribution >= 0.6 is 11.9 Å². The summed E-state index contributed by atoms with van der Waals surface area (Å²) in [4.78, 5) is 26.7. The predicted molar refractivity (Wildman–Crippen MR) is 171 cm³/mol. The zero-order valence-corrected chi connectivity index (χ0v) is 27.1. The number of fused-ring (bicyclic) bond motifs is 4. The normalized spacial score (nSPS) is 22.8. The number of nitrogens with one attached hydrogen (secondary N) is 1. The van der Waals surface area contributed by atoms with Gasteiger partial charge < -0.3 is 19.8 Å². The molecule has 0 spiro atoms. The van der Waals surface area contributed by atoms with Crippen LogP contribution in [0.5, 0.6) is 5.88 Å². The Labute approximate surface area is 259 Å². The minimum Gasteiger partial charge on any atom is -0.475 e. The largest absolute Gasteiger partial charge is 0.475 e. The molecule has 8 nitrogen and oxygen atoms in total. The lowest BCUT2D eigenvalue weighted by atomic mass is 9.57. The molecule has 1 aliphatic carbocycles. The molecule has 9 heteroatoms. The number of hydrogen-bond donors (Lipinski definition) is 3. The summed E-state index contributed by atoms with van der Waals surface area (Å²) in [6, 6.07) is 15.2. The Kier molecular flexibility index (Phi) is 8.55. The fraction of sp³-hybridized carbons (Fsp3) is 0.500. The standard InChI is InChI=1S/C34H44N4O4S/c1-21-10-8-11-22(2)29(21)27-15-28-36-31(35-27)37-43-26-13-9-12-23(14-26)30(40)38(25(19-42-28)16-32(3,4)5)24-17-34(18-24,20-39)33(6,7)41/h8-15,24-25,39,41H,16-20H2,1-7H3,(H,35,36,37)/t24?,25-,34?/m1/s1. The Morgan fingerprint density at radius 1 is 1.05 bits per heavy atom. The monoisotopic (exact) mass is 604 g/mol. The number of ether oxygens (including phenoxy) is 1. The number of anilines is 1. The van der Waals surface area contributed by atoms with Crippen LogP contribution in [-0.4, -0.2) is 61.9 Å². The first-order valence-corrected chi connectivity index (χ1v) is 15.8. The molecule has 1 aromatic heterocycles. The van der Waals surface area contributed by atoms with E-state index < -0.39 is 11.0 Å². The van der Waals surface area contributed by atoms with E-state index in [9.17, 15) is 15.0 Å². The summed E-state index contributed by atoms with van der Waals surface area (Å²) in [5, 5.41) is 21.3. The van der Waals surface area contributed by atoms with Gasteiger partial charge in [0.15, 0.2) is 0 Å². The van der Waals surface area contributed by atoms with E-state index in [4.69, 9.17) is 14.7 Å². The molecular formula is C34H44N4O4S. The van der Waals surface area contributed by atoms with Gasteiger partial charge in [0.2, 0.25) is 11.8 Å². The van der Waals surface area contributed by atoms with E-state index in [1.54, 1.807) is 13.8 Å². The van der Waals surface area contributed by atoms with Crippen LogP contribution in [0, 0.1) is 24.7 Å². The first-order valence-electron chi connectivity index (χ1n) is 15.0. The molecule has 1 aliphatic heterocycles. The minimum absolute atomic E-state index is 0.0825. The number of amides is 1. The van der Waals surface area contributed by atoms with Gasteiger partial charge >= 0.3 is 0 Å². The molecule has 3 N–H and O–H groups in total. The Morgan fingerprint density at radius 2 is 1.72 bits per heavy atom. The Balaban J connectivity index is 1.59. The van der Waals surface area contributed by atoms with Crippen molar-refractivity contribution in [2.45, 2.75) is 90.3 Å². The van der Waals surface area contributed by atoms with E-state index in [0.29, 0.717) is 36.7 Å². The van der Waals surface area contributed by atoms with Gasteiger partial charge in [-0.3, -0.25) is 9.52 Å². The number of aromatic nitrogens is 2. The van der Waals surface area contributed by atoms with Crippen molar-refractivity contribution >= 4 is 23.8 Å². The van der Waals surface area contributed by atoms with Crippen molar-refractivity contribution in [3.05, 3.63) is 65.2 Å². The summed E-state index contributed by atoms with van der Waals surface area (Å²) in [6.45, 7) is 14.2. The van der Waals surface area contributed by atoms with E-state index >= 15 is 0 Å². The smallest absolute Gasteiger partial charge is 0.254 e. The number of aliphatic hydroxyl groups excluding tert-OH is 1. The molecule has 2 aromatic carbocycles. The minimum atomic E-state index is -1.08.